The monoisotopic (exact) mass is 358 g/mol. The summed E-state index contributed by atoms with van der Waals surface area (Å²) >= 11 is 0. The number of nitrogens with zero attached hydrogens (tertiary/aromatic N) is 1. The third-order valence-electron chi connectivity index (χ3n) is 5.57. The summed E-state index contributed by atoms with van der Waals surface area (Å²) < 4.78 is 6.10. The highest BCUT2D eigenvalue weighted by molar-refractivity contribution is 6.40. The molecule has 2 unspecified atom stereocenters. The number of nitrogens with two attached hydrogens (primary N) is 1. The number of hydrogen-bond donors (Lipinski definition) is 3. The summed E-state index contributed by atoms with van der Waals surface area (Å²) in [5.74, 6) is 1.07. The molecular formula is C20H31BN2O3. The van der Waals surface area contributed by atoms with Crippen molar-refractivity contribution >= 4 is 18.1 Å². The van der Waals surface area contributed by atoms with Crippen molar-refractivity contribution in [2.24, 2.45) is 5.73 Å². The third kappa shape index (κ3) is 5.10. The van der Waals surface area contributed by atoms with Gasteiger partial charge >= 0.3 is 7.12 Å². The summed E-state index contributed by atoms with van der Waals surface area (Å²) in [5, 5.41) is 19.0. The van der Waals surface area contributed by atoms with Gasteiger partial charge in [-0.05, 0) is 57.6 Å². The highest BCUT2D eigenvalue weighted by atomic mass is 16.4. The number of unbranched alkanes of at least 4 members (excludes halogenated alkanes) is 1. The summed E-state index contributed by atoms with van der Waals surface area (Å²) in [7, 11) is -1.20. The van der Waals surface area contributed by atoms with Crippen molar-refractivity contribution in [3.05, 3.63) is 36.1 Å². The van der Waals surface area contributed by atoms with Gasteiger partial charge in [0.25, 0.3) is 0 Å². The molecule has 0 bridgehead atoms. The van der Waals surface area contributed by atoms with E-state index >= 15 is 0 Å². The molecule has 1 aromatic heterocycles. The van der Waals surface area contributed by atoms with Gasteiger partial charge in [-0.1, -0.05) is 31.0 Å². The Morgan fingerprint density at radius 3 is 2.85 bits per heavy atom. The van der Waals surface area contributed by atoms with E-state index in [0.717, 1.165) is 56.5 Å². The van der Waals surface area contributed by atoms with E-state index in [-0.39, 0.29) is 5.54 Å². The molecule has 4 N–H and O–H groups in total. The summed E-state index contributed by atoms with van der Waals surface area (Å²) in [5.41, 5.74) is 7.22. The first-order valence-electron chi connectivity index (χ1n) is 9.82. The van der Waals surface area contributed by atoms with Crippen LogP contribution in [0.2, 0.25) is 6.32 Å². The van der Waals surface area contributed by atoms with Gasteiger partial charge in [-0.3, -0.25) is 4.90 Å². The first-order chi connectivity index (χ1) is 12.4. The second-order valence-corrected chi connectivity index (χ2v) is 8.01. The van der Waals surface area contributed by atoms with Crippen molar-refractivity contribution in [2.75, 3.05) is 13.1 Å². The Hall–Kier alpha value is -1.34. The van der Waals surface area contributed by atoms with Crippen molar-refractivity contribution in [1.29, 1.82) is 0 Å². The zero-order chi connectivity index (χ0) is 18.6. The second kappa shape index (κ2) is 8.57. The van der Waals surface area contributed by atoms with Crippen LogP contribution in [0.1, 0.15) is 57.3 Å². The van der Waals surface area contributed by atoms with Crippen LogP contribution in [0.3, 0.4) is 0 Å². The Kier molecular flexibility index (Phi) is 6.40. The summed E-state index contributed by atoms with van der Waals surface area (Å²) in [6.07, 6.45) is 6.32. The molecule has 0 spiro atoms. The fourth-order valence-electron chi connectivity index (χ4n) is 3.96. The van der Waals surface area contributed by atoms with E-state index in [1.54, 1.807) is 0 Å². The Labute approximate surface area is 156 Å². The first kappa shape index (κ1) is 19.4. The second-order valence-electron chi connectivity index (χ2n) is 8.01. The van der Waals surface area contributed by atoms with Gasteiger partial charge in [0.1, 0.15) is 11.3 Å². The van der Waals surface area contributed by atoms with Crippen molar-refractivity contribution < 1.29 is 14.5 Å². The van der Waals surface area contributed by atoms with E-state index in [4.69, 9.17) is 20.2 Å². The van der Waals surface area contributed by atoms with Crippen LogP contribution in [0.25, 0.3) is 11.0 Å². The van der Waals surface area contributed by atoms with Gasteiger partial charge in [-0.2, -0.15) is 0 Å². The van der Waals surface area contributed by atoms with E-state index in [1.807, 2.05) is 18.2 Å². The number of para-hydroxylation sites is 1. The lowest BCUT2D eigenvalue weighted by Gasteiger charge is -2.30. The zero-order valence-electron chi connectivity index (χ0n) is 15.7. The lowest BCUT2D eigenvalue weighted by molar-refractivity contribution is 0.206. The molecule has 1 fully saturated rings. The van der Waals surface area contributed by atoms with E-state index in [2.05, 4.69) is 24.0 Å². The average Bonchev–Trinajstić information content (AvgIpc) is 3.22. The van der Waals surface area contributed by atoms with Crippen molar-refractivity contribution in [1.82, 2.24) is 4.90 Å². The maximum atomic E-state index is 8.93. The lowest BCUT2D eigenvalue weighted by atomic mass is 9.82. The summed E-state index contributed by atoms with van der Waals surface area (Å²) in [4.78, 5) is 2.50. The fourth-order valence-corrected chi connectivity index (χ4v) is 3.96. The largest absolute Gasteiger partial charge is 0.459 e. The Balaban J connectivity index is 1.53. The SMILES string of the molecule is CC(N)(CCCCB(O)O)CCN1CCCC1c1cc2ccccc2o1. The molecule has 6 heteroatoms. The zero-order valence-corrected chi connectivity index (χ0v) is 15.7. The normalized spacial score (nSPS) is 20.5. The van der Waals surface area contributed by atoms with E-state index in [9.17, 15) is 0 Å². The van der Waals surface area contributed by atoms with E-state index in [0.29, 0.717) is 12.4 Å². The molecule has 142 valence electrons. The Morgan fingerprint density at radius 1 is 1.27 bits per heavy atom. The number of likely N-dealkylation sites (tertiary alicyclic amines) is 1. The van der Waals surface area contributed by atoms with Crippen LogP contribution in [-0.4, -0.2) is 40.7 Å². The molecule has 1 aromatic carbocycles. The third-order valence-corrected chi connectivity index (χ3v) is 5.57. The molecule has 1 aliphatic rings. The highest BCUT2D eigenvalue weighted by Gasteiger charge is 2.30. The van der Waals surface area contributed by atoms with E-state index in [1.165, 1.54) is 11.8 Å². The lowest BCUT2D eigenvalue weighted by Crippen LogP contribution is -2.40. The van der Waals surface area contributed by atoms with Gasteiger partial charge in [0.05, 0.1) is 6.04 Å². The van der Waals surface area contributed by atoms with Crippen molar-refractivity contribution in [3.63, 3.8) is 0 Å². The predicted octanol–water partition coefficient (Wildman–Crippen LogP) is 3.32. The van der Waals surface area contributed by atoms with Gasteiger partial charge in [0.2, 0.25) is 0 Å². The van der Waals surface area contributed by atoms with Crippen LogP contribution in [0.15, 0.2) is 34.7 Å². The molecule has 2 atom stereocenters. The van der Waals surface area contributed by atoms with Crippen molar-refractivity contribution in [3.8, 4) is 0 Å². The Bertz CT molecular complexity index is 668. The van der Waals surface area contributed by atoms with Crippen LogP contribution >= 0.6 is 0 Å². The minimum atomic E-state index is -1.20. The number of fused-ring (bicyclic) bond motifs is 1. The molecule has 2 aromatic rings. The van der Waals surface area contributed by atoms with Crippen LogP contribution in [0.4, 0.5) is 0 Å². The number of benzene rings is 1. The summed E-state index contributed by atoms with van der Waals surface area (Å²) in [6, 6.07) is 10.7. The standard InChI is InChI=1S/C20H31BN2O3/c1-20(22,10-4-5-12-21(24)25)11-14-23-13-6-8-17(23)19-15-16-7-2-3-9-18(16)26-19/h2-3,7,9,15,17,24-25H,4-6,8,10-14,22H2,1H3. The molecule has 0 aliphatic carbocycles. The summed E-state index contributed by atoms with van der Waals surface area (Å²) in [6.45, 7) is 4.17. The van der Waals surface area contributed by atoms with E-state index < -0.39 is 7.12 Å². The van der Waals surface area contributed by atoms with Crippen LogP contribution in [0.5, 0.6) is 0 Å². The molecular weight excluding hydrogens is 327 g/mol. The topological polar surface area (TPSA) is 82.9 Å². The molecule has 1 aliphatic heterocycles. The molecule has 3 rings (SSSR count). The highest BCUT2D eigenvalue weighted by Crippen LogP contribution is 2.35. The maximum Gasteiger partial charge on any atom is 0.451 e. The number of hydrogen-bond acceptors (Lipinski definition) is 5. The van der Waals surface area contributed by atoms with Crippen LogP contribution in [-0.2, 0) is 0 Å². The van der Waals surface area contributed by atoms with Gasteiger partial charge < -0.3 is 20.2 Å². The molecule has 0 saturated carbocycles. The molecule has 0 amide bonds. The van der Waals surface area contributed by atoms with Crippen molar-refractivity contribution in [2.45, 2.75) is 63.3 Å². The molecule has 26 heavy (non-hydrogen) atoms. The molecule has 1 saturated heterocycles. The number of rotatable bonds is 9. The van der Waals surface area contributed by atoms with Gasteiger partial charge in [0.15, 0.2) is 0 Å². The molecule has 0 radical (unpaired) electrons. The minimum Gasteiger partial charge on any atom is -0.459 e. The molecule has 5 nitrogen and oxygen atoms in total. The quantitative estimate of drug-likeness (QED) is 0.473. The smallest absolute Gasteiger partial charge is 0.451 e. The first-order valence-corrected chi connectivity index (χ1v) is 9.82. The van der Waals surface area contributed by atoms with Crippen LogP contribution in [0, 0.1) is 0 Å². The van der Waals surface area contributed by atoms with Gasteiger partial charge in [-0.25, -0.2) is 0 Å². The predicted molar refractivity (Wildman–Crippen MR) is 106 cm³/mol. The van der Waals surface area contributed by atoms with Gasteiger partial charge in [-0.15, -0.1) is 0 Å². The average molecular weight is 358 g/mol. The van der Waals surface area contributed by atoms with Crippen LogP contribution < -0.4 is 5.73 Å². The Morgan fingerprint density at radius 2 is 2.08 bits per heavy atom. The maximum absolute atomic E-state index is 8.93. The molecule has 2 heterocycles. The fraction of sp³-hybridized carbons (Fsp3) is 0.600. The minimum absolute atomic E-state index is 0.221. The van der Waals surface area contributed by atoms with Gasteiger partial charge in [0, 0.05) is 17.5 Å². The number of furan rings is 1.